The minimum Gasteiger partial charge on any atom is -0.352 e. The van der Waals surface area contributed by atoms with E-state index in [-0.39, 0.29) is 35.8 Å². The van der Waals surface area contributed by atoms with Gasteiger partial charge >= 0.3 is 0 Å². The molecule has 1 unspecified atom stereocenters. The van der Waals surface area contributed by atoms with E-state index in [4.69, 9.17) is 0 Å². The number of rotatable bonds is 4. The average molecular weight is 470 g/mol. The van der Waals surface area contributed by atoms with Crippen LogP contribution in [-0.2, 0) is 6.54 Å². The van der Waals surface area contributed by atoms with E-state index in [9.17, 15) is 4.39 Å². The van der Waals surface area contributed by atoms with Crippen molar-refractivity contribution in [1.82, 2.24) is 20.6 Å². The summed E-state index contributed by atoms with van der Waals surface area (Å²) in [4.78, 5) is 14.8. The summed E-state index contributed by atoms with van der Waals surface area (Å²) >= 11 is 0. The molecule has 0 aromatic carbocycles. The van der Waals surface area contributed by atoms with Crippen LogP contribution in [0.3, 0.4) is 0 Å². The number of hydrogen-bond donors (Lipinski definition) is 2. The highest BCUT2D eigenvalue weighted by atomic mass is 127. The van der Waals surface area contributed by atoms with Gasteiger partial charge in [-0.1, -0.05) is 6.07 Å². The summed E-state index contributed by atoms with van der Waals surface area (Å²) in [5, 5.41) is 6.66. The Labute approximate surface area is 170 Å². The molecule has 3 rings (SSSR count). The maximum Gasteiger partial charge on any atom is 0.191 e. The summed E-state index contributed by atoms with van der Waals surface area (Å²) in [6.07, 6.45) is 2.52. The van der Waals surface area contributed by atoms with Crippen molar-refractivity contribution in [1.29, 1.82) is 0 Å². The van der Waals surface area contributed by atoms with Crippen molar-refractivity contribution in [3.63, 3.8) is 0 Å². The number of nitrogens with zero attached hydrogens (tertiary/aromatic N) is 4. The van der Waals surface area contributed by atoms with Gasteiger partial charge < -0.3 is 15.5 Å². The fraction of sp³-hybridized carbons (Fsp3) is 0.389. The van der Waals surface area contributed by atoms with E-state index in [0.29, 0.717) is 18.9 Å². The van der Waals surface area contributed by atoms with Crippen LogP contribution in [0.1, 0.15) is 17.8 Å². The first-order chi connectivity index (χ1) is 12.2. The van der Waals surface area contributed by atoms with E-state index >= 15 is 0 Å². The second kappa shape index (κ2) is 9.65. The van der Waals surface area contributed by atoms with E-state index in [1.54, 1.807) is 19.3 Å². The van der Waals surface area contributed by atoms with Crippen LogP contribution in [0.15, 0.2) is 41.5 Å². The van der Waals surface area contributed by atoms with Crippen molar-refractivity contribution in [3.05, 3.63) is 53.7 Å². The molecule has 0 saturated carbocycles. The Bertz CT molecular complexity index is 754. The van der Waals surface area contributed by atoms with Gasteiger partial charge in [-0.05, 0) is 37.6 Å². The first kappa shape index (κ1) is 20.3. The number of pyridine rings is 2. The van der Waals surface area contributed by atoms with E-state index in [0.717, 1.165) is 30.3 Å². The van der Waals surface area contributed by atoms with Crippen molar-refractivity contribution in [2.45, 2.75) is 25.9 Å². The third-order valence-corrected chi connectivity index (χ3v) is 4.17. The molecular weight excluding hydrogens is 446 g/mol. The minimum atomic E-state index is -0.281. The summed E-state index contributed by atoms with van der Waals surface area (Å²) in [5.74, 6) is 0.853. The summed E-state index contributed by atoms with van der Waals surface area (Å²) in [6.45, 7) is 4.03. The van der Waals surface area contributed by atoms with Crippen LogP contribution in [0.25, 0.3) is 0 Å². The lowest BCUT2D eigenvalue weighted by atomic mass is 10.3. The highest BCUT2D eigenvalue weighted by Crippen LogP contribution is 2.20. The minimum absolute atomic E-state index is 0. The molecule has 1 aliphatic rings. The topological polar surface area (TPSA) is 65.4 Å². The lowest BCUT2D eigenvalue weighted by Gasteiger charge is -2.20. The smallest absolute Gasteiger partial charge is 0.191 e. The molecule has 8 heteroatoms. The van der Waals surface area contributed by atoms with Gasteiger partial charge in [0, 0.05) is 38.1 Å². The standard InChI is InChI=1S/C18H23FN6.HI/c1-13-5-3-6-14(23-13)11-22-18(20-2)24-15-8-10-25(12-15)17-16(19)7-4-9-21-17;/h3-7,9,15H,8,10-12H2,1-2H3,(H2,20,22,24);1H. The van der Waals surface area contributed by atoms with Crippen molar-refractivity contribution in [2.75, 3.05) is 25.0 Å². The fourth-order valence-electron chi connectivity index (χ4n) is 2.94. The molecular formula is C18H24FIN6. The number of halogens is 2. The van der Waals surface area contributed by atoms with Gasteiger partial charge in [0.05, 0.1) is 12.2 Å². The van der Waals surface area contributed by atoms with E-state index in [2.05, 4.69) is 25.6 Å². The lowest BCUT2D eigenvalue weighted by molar-refractivity contribution is 0.612. The number of nitrogens with one attached hydrogen (secondary N) is 2. The summed E-state index contributed by atoms with van der Waals surface area (Å²) in [7, 11) is 1.74. The molecule has 1 atom stereocenters. The third-order valence-electron chi connectivity index (χ3n) is 4.17. The van der Waals surface area contributed by atoms with Gasteiger partial charge in [-0.3, -0.25) is 9.98 Å². The second-order valence-corrected chi connectivity index (χ2v) is 6.08. The molecule has 0 amide bonds. The molecule has 0 aliphatic carbocycles. The Morgan fingerprint density at radius 2 is 2.19 bits per heavy atom. The molecule has 0 bridgehead atoms. The number of aryl methyl sites for hydroxylation is 1. The molecule has 2 N–H and O–H groups in total. The molecule has 3 heterocycles. The van der Waals surface area contributed by atoms with Gasteiger partial charge in [0.1, 0.15) is 0 Å². The van der Waals surface area contributed by atoms with Crippen molar-refractivity contribution < 1.29 is 4.39 Å². The molecule has 2 aromatic rings. The average Bonchev–Trinajstić information content (AvgIpc) is 3.07. The van der Waals surface area contributed by atoms with Gasteiger partial charge in [0.2, 0.25) is 0 Å². The Morgan fingerprint density at radius 3 is 2.92 bits per heavy atom. The number of anilines is 1. The predicted octanol–water partition coefficient (Wildman–Crippen LogP) is 2.49. The molecule has 1 saturated heterocycles. The SMILES string of the molecule is CN=C(NCc1cccc(C)n1)NC1CCN(c2ncccc2F)C1.I. The maximum absolute atomic E-state index is 13.9. The Kier molecular flexibility index (Phi) is 7.55. The van der Waals surface area contributed by atoms with Gasteiger partial charge in [-0.15, -0.1) is 24.0 Å². The van der Waals surface area contributed by atoms with Crippen LogP contribution in [0.5, 0.6) is 0 Å². The monoisotopic (exact) mass is 470 g/mol. The van der Waals surface area contributed by atoms with Crippen molar-refractivity contribution in [3.8, 4) is 0 Å². The summed E-state index contributed by atoms with van der Waals surface area (Å²) in [5.41, 5.74) is 1.96. The molecule has 26 heavy (non-hydrogen) atoms. The molecule has 0 radical (unpaired) electrons. The normalized spacial score (nSPS) is 17.0. The largest absolute Gasteiger partial charge is 0.352 e. The second-order valence-electron chi connectivity index (χ2n) is 6.08. The van der Waals surface area contributed by atoms with E-state index < -0.39 is 0 Å². The van der Waals surface area contributed by atoms with Crippen LogP contribution in [0.2, 0.25) is 0 Å². The molecule has 6 nitrogen and oxygen atoms in total. The predicted molar refractivity (Wildman–Crippen MR) is 113 cm³/mol. The van der Waals surface area contributed by atoms with Gasteiger partial charge in [0.25, 0.3) is 0 Å². The molecule has 1 aliphatic heterocycles. The number of hydrogen-bond acceptors (Lipinski definition) is 4. The Morgan fingerprint density at radius 1 is 1.35 bits per heavy atom. The highest BCUT2D eigenvalue weighted by Gasteiger charge is 2.25. The van der Waals surface area contributed by atoms with Gasteiger partial charge in [-0.2, -0.15) is 0 Å². The lowest BCUT2D eigenvalue weighted by Crippen LogP contribution is -2.44. The van der Waals surface area contributed by atoms with E-state index in [1.807, 2.05) is 30.0 Å². The first-order valence-electron chi connectivity index (χ1n) is 8.41. The fourth-order valence-corrected chi connectivity index (χ4v) is 2.94. The molecule has 2 aromatic heterocycles. The van der Waals surface area contributed by atoms with Crippen LogP contribution in [0.4, 0.5) is 10.2 Å². The van der Waals surface area contributed by atoms with Gasteiger partial charge in [-0.25, -0.2) is 9.37 Å². The number of aromatic nitrogens is 2. The molecule has 0 spiro atoms. The van der Waals surface area contributed by atoms with Crippen LogP contribution < -0.4 is 15.5 Å². The Hall–Kier alpha value is -1.97. The maximum atomic E-state index is 13.9. The quantitative estimate of drug-likeness (QED) is 0.409. The zero-order valence-electron chi connectivity index (χ0n) is 14.9. The highest BCUT2D eigenvalue weighted by molar-refractivity contribution is 14.0. The van der Waals surface area contributed by atoms with Gasteiger partial charge in [0.15, 0.2) is 17.6 Å². The van der Waals surface area contributed by atoms with Crippen molar-refractivity contribution in [2.24, 2.45) is 4.99 Å². The molecule has 1 fully saturated rings. The first-order valence-corrected chi connectivity index (χ1v) is 8.41. The van der Waals surface area contributed by atoms with Crippen LogP contribution in [-0.4, -0.2) is 42.1 Å². The van der Waals surface area contributed by atoms with Crippen molar-refractivity contribution >= 4 is 35.8 Å². The number of guanidine groups is 1. The third kappa shape index (κ3) is 5.26. The number of aliphatic imine (C=N–C) groups is 1. The van der Waals surface area contributed by atoms with Crippen LogP contribution in [0, 0.1) is 12.7 Å². The molecule has 140 valence electrons. The van der Waals surface area contributed by atoms with E-state index in [1.165, 1.54) is 6.07 Å². The summed E-state index contributed by atoms with van der Waals surface area (Å²) < 4.78 is 13.9. The summed E-state index contributed by atoms with van der Waals surface area (Å²) in [6, 6.07) is 9.19. The zero-order valence-corrected chi connectivity index (χ0v) is 17.3. The zero-order chi connectivity index (χ0) is 17.6. The van der Waals surface area contributed by atoms with Crippen LogP contribution >= 0.6 is 24.0 Å². The Balaban J connectivity index is 0.00000243.